The van der Waals surface area contributed by atoms with E-state index < -0.39 is 13.4 Å². The molecule has 1 rings (SSSR count). The third kappa shape index (κ3) is 5.07. The van der Waals surface area contributed by atoms with Gasteiger partial charge in [0.2, 0.25) is 0 Å². The fourth-order valence-electron chi connectivity index (χ4n) is 3.14. The molecule has 0 saturated carbocycles. The second kappa shape index (κ2) is 7.40. The Hall–Kier alpha value is -0.870. The second-order valence-corrected chi connectivity index (χ2v) is 10.3. The molecule has 0 fully saturated rings. The Bertz CT molecular complexity index is 613. The summed E-state index contributed by atoms with van der Waals surface area (Å²) in [5.74, 6) is -0.793. The topological polar surface area (TPSA) is 81.0 Å². The minimum Gasteiger partial charge on any atom is -0.507 e. The van der Waals surface area contributed by atoms with E-state index in [4.69, 9.17) is 0 Å². The number of rotatable bonds is 5. The normalized spacial score (nSPS) is 14.8. The molecule has 0 spiro atoms. The molecule has 144 valence electrons. The van der Waals surface area contributed by atoms with Crippen LogP contribution in [0.5, 0.6) is 5.75 Å². The van der Waals surface area contributed by atoms with Gasteiger partial charge in [-0.15, -0.1) is 0 Å². The Labute approximate surface area is 152 Å². The molecule has 0 saturated heterocycles. The number of phenols is 1. The first-order valence-corrected chi connectivity index (χ1v) is 10.5. The lowest BCUT2D eigenvalue weighted by Crippen LogP contribution is -2.29. The summed E-state index contributed by atoms with van der Waals surface area (Å²) >= 11 is 0. The van der Waals surface area contributed by atoms with Crippen molar-refractivity contribution in [2.24, 2.45) is 0 Å². The number of hydrogen-bond donors (Lipinski definition) is 3. The van der Waals surface area contributed by atoms with Gasteiger partial charge >= 0.3 is 7.60 Å². The fraction of sp³-hybridized carbons (Fsp3) is 0.684. The van der Waals surface area contributed by atoms with Crippen LogP contribution in [0.3, 0.4) is 0 Å². The van der Waals surface area contributed by atoms with Crippen molar-refractivity contribution < 1.29 is 19.5 Å². The fourth-order valence-corrected chi connectivity index (χ4v) is 4.43. The lowest BCUT2D eigenvalue weighted by atomic mass is 9.78. The maximum atomic E-state index is 12.3. The smallest absolute Gasteiger partial charge is 0.347 e. The van der Waals surface area contributed by atoms with Crippen LogP contribution in [0, 0.1) is 0 Å². The Morgan fingerprint density at radius 2 is 1.32 bits per heavy atom. The van der Waals surface area contributed by atoms with Gasteiger partial charge in [0.1, 0.15) is 11.5 Å². The van der Waals surface area contributed by atoms with E-state index >= 15 is 0 Å². The molecule has 0 aromatic heterocycles. The predicted molar refractivity (Wildman–Crippen MR) is 103 cm³/mol. The van der Waals surface area contributed by atoms with Crippen LogP contribution >= 0.6 is 7.60 Å². The predicted octanol–water partition coefficient (Wildman–Crippen LogP) is 4.51. The quantitative estimate of drug-likeness (QED) is 0.664. The zero-order valence-corrected chi connectivity index (χ0v) is 17.7. The summed E-state index contributed by atoms with van der Waals surface area (Å²) in [5, 5.41) is 10.8. The first kappa shape index (κ1) is 22.2. The number of hydrogen-bond acceptors (Lipinski definition) is 3. The van der Waals surface area contributed by atoms with Gasteiger partial charge in [-0.2, -0.15) is 0 Å². The molecule has 1 aromatic rings. The summed E-state index contributed by atoms with van der Waals surface area (Å²) in [6, 6.07) is 3.51. The minimum atomic E-state index is -4.40. The highest BCUT2D eigenvalue weighted by Crippen LogP contribution is 2.55. The maximum absolute atomic E-state index is 12.3. The van der Waals surface area contributed by atoms with E-state index in [1.165, 1.54) is 0 Å². The van der Waals surface area contributed by atoms with Crippen LogP contribution in [-0.4, -0.2) is 32.9 Å². The van der Waals surface area contributed by atoms with Crippen LogP contribution in [-0.2, 0) is 15.4 Å². The molecule has 25 heavy (non-hydrogen) atoms. The maximum Gasteiger partial charge on any atom is 0.347 e. The largest absolute Gasteiger partial charge is 0.507 e. The Morgan fingerprint density at radius 3 is 1.56 bits per heavy atom. The highest BCUT2D eigenvalue weighted by atomic mass is 31.2. The van der Waals surface area contributed by atoms with E-state index in [0.29, 0.717) is 29.8 Å². The van der Waals surface area contributed by atoms with Gasteiger partial charge in [-0.1, -0.05) is 55.4 Å². The molecular formula is C19H34NO4P. The van der Waals surface area contributed by atoms with Gasteiger partial charge < -0.3 is 14.9 Å². The highest BCUT2D eigenvalue weighted by Gasteiger charge is 2.37. The minimum absolute atomic E-state index is 0.216. The zero-order valence-electron chi connectivity index (χ0n) is 16.8. The summed E-state index contributed by atoms with van der Waals surface area (Å²) in [6.45, 7) is 16.8. The number of benzene rings is 1. The van der Waals surface area contributed by atoms with Gasteiger partial charge in [0.15, 0.2) is 0 Å². The molecular weight excluding hydrogens is 337 g/mol. The van der Waals surface area contributed by atoms with E-state index in [1.807, 2.05) is 55.4 Å². The molecule has 1 atom stereocenters. The van der Waals surface area contributed by atoms with Crippen molar-refractivity contribution in [1.29, 1.82) is 0 Å². The molecule has 0 amide bonds. The van der Waals surface area contributed by atoms with Gasteiger partial charge in [0, 0.05) is 0 Å². The lowest BCUT2D eigenvalue weighted by molar-refractivity contribution is 0.232. The van der Waals surface area contributed by atoms with Gasteiger partial charge in [0.05, 0.1) is 0 Å². The summed E-state index contributed by atoms with van der Waals surface area (Å²) in [7, 11) is -4.40. The Morgan fingerprint density at radius 1 is 0.960 bits per heavy atom. The SMILES string of the molecule is CCN(CC)C(c1cc(C(C)(C)C)c(O)c(C(C)(C)C)c1)P(=O)(O)O. The summed E-state index contributed by atoms with van der Waals surface area (Å²) in [5.41, 5.74) is 1.29. The third-order valence-electron chi connectivity index (χ3n) is 4.52. The van der Waals surface area contributed by atoms with Crippen molar-refractivity contribution in [3.63, 3.8) is 0 Å². The van der Waals surface area contributed by atoms with Crippen molar-refractivity contribution >= 4 is 7.60 Å². The molecule has 5 nitrogen and oxygen atoms in total. The molecule has 1 aromatic carbocycles. The van der Waals surface area contributed by atoms with E-state index in [1.54, 1.807) is 17.0 Å². The summed E-state index contributed by atoms with van der Waals surface area (Å²) in [6.07, 6.45) is 0. The van der Waals surface area contributed by atoms with Crippen molar-refractivity contribution in [1.82, 2.24) is 4.90 Å². The van der Waals surface area contributed by atoms with E-state index in [-0.39, 0.29) is 16.6 Å². The monoisotopic (exact) mass is 371 g/mol. The second-order valence-electron chi connectivity index (χ2n) is 8.65. The molecule has 0 aliphatic heterocycles. The number of phenolic OH excluding ortho intramolecular Hbond substituents is 1. The Balaban J connectivity index is 3.81. The number of nitrogens with zero attached hydrogens (tertiary/aromatic N) is 1. The van der Waals surface area contributed by atoms with Crippen molar-refractivity contribution in [3.05, 3.63) is 28.8 Å². The average molecular weight is 371 g/mol. The molecule has 0 heterocycles. The van der Waals surface area contributed by atoms with E-state index in [9.17, 15) is 19.5 Å². The van der Waals surface area contributed by atoms with Crippen LogP contribution < -0.4 is 0 Å². The van der Waals surface area contributed by atoms with Crippen LogP contribution in [0.25, 0.3) is 0 Å². The lowest BCUT2D eigenvalue weighted by Gasteiger charge is -2.34. The Kier molecular flexibility index (Phi) is 6.56. The van der Waals surface area contributed by atoms with Crippen LogP contribution in [0.2, 0.25) is 0 Å². The van der Waals surface area contributed by atoms with Crippen LogP contribution in [0.1, 0.15) is 77.9 Å². The van der Waals surface area contributed by atoms with Gasteiger partial charge in [-0.25, -0.2) is 0 Å². The van der Waals surface area contributed by atoms with Gasteiger partial charge in [0.25, 0.3) is 0 Å². The molecule has 0 bridgehead atoms. The first-order valence-electron chi connectivity index (χ1n) is 8.81. The van der Waals surface area contributed by atoms with Gasteiger partial charge in [-0.3, -0.25) is 9.46 Å². The summed E-state index contributed by atoms with van der Waals surface area (Å²) in [4.78, 5) is 21.8. The van der Waals surface area contributed by atoms with Crippen molar-refractivity contribution in [2.45, 2.75) is 72.0 Å². The van der Waals surface area contributed by atoms with Crippen molar-refractivity contribution in [2.75, 3.05) is 13.1 Å². The molecule has 6 heteroatoms. The van der Waals surface area contributed by atoms with Crippen LogP contribution in [0.15, 0.2) is 12.1 Å². The standard InChI is InChI=1S/C19H34NO4P/c1-9-20(10-2)17(25(22,23)24)13-11-14(18(3,4)5)16(21)15(12-13)19(6,7)8/h11-12,17,21H,9-10H2,1-8H3,(H2,22,23,24). The highest BCUT2D eigenvalue weighted by molar-refractivity contribution is 7.52. The third-order valence-corrected chi connectivity index (χ3v) is 5.79. The number of aromatic hydroxyl groups is 1. The molecule has 0 aliphatic rings. The van der Waals surface area contributed by atoms with E-state index in [0.717, 1.165) is 0 Å². The van der Waals surface area contributed by atoms with E-state index in [2.05, 4.69) is 0 Å². The molecule has 3 N–H and O–H groups in total. The zero-order chi connectivity index (χ0) is 19.8. The van der Waals surface area contributed by atoms with Gasteiger partial charge in [-0.05, 0) is 52.7 Å². The first-order chi connectivity index (χ1) is 11.1. The molecule has 0 radical (unpaired) electrons. The average Bonchev–Trinajstić information content (AvgIpc) is 2.41. The molecule has 1 unspecified atom stereocenters. The van der Waals surface area contributed by atoms with Crippen molar-refractivity contribution in [3.8, 4) is 5.75 Å². The van der Waals surface area contributed by atoms with Crippen LogP contribution in [0.4, 0.5) is 0 Å². The molecule has 0 aliphatic carbocycles. The summed E-state index contributed by atoms with van der Waals surface area (Å²) < 4.78 is 12.3.